The number of ether oxygens (including phenoxy) is 3. The van der Waals surface area contributed by atoms with Gasteiger partial charge in [0, 0.05) is 24.4 Å². The lowest BCUT2D eigenvalue weighted by Gasteiger charge is -2.58. The van der Waals surface area contributed by atoms with Gasteiger partial charge in [-0.15, -0.1) is 0 Å². The van der Waals surface area contributed by atoms with E-state index in [0.717, 1.165) is 5.56 Å². The van der Waals surface area contributed by atoms with Crippen LogP contribution in [0.5, 0.6) is 11.5 Å². The number of likely N-dealkylation sites (N-methyl/N-ethyl adjacent to an activating group) is 1. The molecule has 0 unspecified atom stereocenters. The molecule has 0 aromatic heterocycles. The summed E-state index contributed by atoms with van der Waals surface area (Å²) >= 11 is 0. The summed E-state index contributed by atoms with van der Waals surface area (Å²) in [5, 5.41) is 31.6. The molecule has 1 saturated heterocycles. The molecule has 1 aromatic carbocycles. The van der Waals surface area contributed by atoms with E-state index >= 15 is 0 Å². The molecule has 2 heterocycles. The van der Waals surface area contributed by atoms with Crippen molar-refractivity contribution in [2.75, 3.05) is 13.6 Å². The van der Waals surface area contributed by atoms with Gasteiger partial charge < -0.3 is 40.2 Å². The molecule has 1 spiro atoms. The highest BCUT2D eigenvalue weighted by molar-refractivity contribution is 5.80. The molecule has 11 heteroatoms. The number of phenolic OH excluding ortho intramolecular Hbond substituents is 1. The number of fused-ring (bicyclic) bond motifs is 1. The number of carbonyl (C=O) groups excluding carboxylic acids is 2. The number of likely N-dealkylation sites (tertiary alicyclic amines) is 1. The molecule has 2 aliphatic heterocycles. The van der Waals surface area contributed by atoms with E-state index < -0.39 is 47.2 Å². The molecule has 6 atom stereocenters. The number of phenols is 1. The SMILES string of the molecule is Cc1ccc(O)c2c1[C@]13CCN(C)[C@H](C)[C@]1(O)CC=C(OC(=O)[C@H](C)OC(=O)CC[C@H](N)C(=O)O)[C@@H]3O2. The topological polar surface area (TPSA) is 169 Å². The van der Waals surface area contributed by atoms with Gasteiger partial charge in [-0.2, -0.15) is 0 Å². The molecule has 202 valence electrons. The summed E-state index contributed by atoms with van der Waals surface area (Å²) < 4.78 is 17.1. The van der Waals surface area contributed by atoms with E-state index in [2.05, 4.69) is 4.90 Å². The lowest BCUT2D eigenvalue weighted by molar-refractivity contribution is -0.172. The second kappa shape index (κ2) is 9.62. The molecule has 37 heavy (non-hydrogen) atoms. The van der Waals surface area contributed by atoms with Crippen LogP contribution >= 0.6 is 0 Å². The summed E-state index contributed by atoms with van der Waals surface area (Å²) in [5.74, 6) is -2.48. The van der Waals surface area contributed by atoms with E-state index in [-0.39, 0.29) is 42.6 Å². The Morgan fingerprint density at radius 3 is 2.70 bits per heavy atom. The van der Waals surface area contributed by atoms with E-state index in [1.807, 2.05) is 20.9 Å². The highest BCUT2D eigenvalue weighted by atomic mass is 16.6. The van der Waals surface area contributed by atoms with Crippen LogP contribution in [0.4, 0.5) is 0 Å². The Bertz CT molecular complexity index is 1150. The molecular weight excluding hydrogens is 484 g/mol. The molecule has 3 aliphatic rings. The predicted octanol–water partition coefficient (Wildman–Crippen LogP) is 1.11. The number of aromatic hydroxyl groups is 1. The number of carboxylic acid groups (broad SMARTS) is 1. The predicted molar refractivity (Wildman–Crippen MR) is 130 cm³/mol. The average molecular weight is 519 g/mol. The number of hydrogen-bond acceptors (Lipinski definition) is 10. The summed E-state index contributed by atoms with van der Waals surface area (Å²) in [6, 6.07) is 1.84. The van der Waals surface area contributed by atoms with E-state index in [1.54, 1.807) is 12.1 Å². The zero-order valence-corrected chi connectivity index (χ0v) is 21.4. The molecular formula is C26H34N2O9. The number of esters is 2. The third-order valence-corrected chi connectivity index (χ3v) is 8.17. The normalized spacial score (nSPS) is 30.1. The highest BCUT2D eigenvalue weighted by Gasteiger charge is 2.69. The van der Waals surface area contributed by atoms with Crippen LogP contribution in [0.15, 0.2) is 24.0 Å². The zero-order valence-electron chi connectivity index (χ0n) is 21.4. The van der Waals surface area contributed by atoms with Gasteiger partial charge in [0.15, 0.2) is 23.7 Å². The number of carboxylic acids is 1. The Kier molecular flexibility index (Phi) is 7.00. The summed E-state index contributed by atoms with van der Waals surface area (Å²) in [6.07, 6.45) is -0.270. The first-order valence-electron chi connectivity index (χ1n) is 12.4. The number of benzene rings is 1. The fourth-order valence-electron chi connectivity index (χ4n) is 5.91. The maximum atomic E-state index is 12.9. The number of carbonyl (C=O) groups is 3. The summed E-state index contributed by atoms with van der Waals surface area (Å²) in [5.41, 5.74) is 4.71. The Labute approximate surface area is 214 Å². The summed E-state index contributed by atoms with van der Waals surface area (Å²) in [7, 11) is 1.94. The van der Waals surface area contributed by atoms with Crippen LogP contribution in [0.1, 0.15) is 50.7 Å². The number of piperidine rings is 1. The van der Waals surface area contributed by atoms with Crippen LogP contribution in [0.2, 0.25) is 0 Å². The smallest absolute Gasteiger partial charge is 0.352 e. The molecule has 5 N–H and O–H groups in total. The fourth-order valence-corrected chi connectivity index (χ4v) is 5.91. The third-order valence-electron chi connectivity index (χ3n) is 8.17. The zero-order chi connectivity index (χ0) is 27.3. The minimum Gasteiger partial charge on any atom is -0.504 e. The minimum absolute atomic E-state index is 0.0640. The van der Waals surface area contributed by atoms with Gasteiger partial charge in [0.05, 0.1) is 11.0 Å². The lowest BCUT2D eigenvalue weighted by atomic mass is 9.54. The number of aryl methyl sites for hydroxylation is 1. The van der Waals surface area contributed by atoms with Crippen molar-refractivity contribution < 1.29 is 43.9 Å². The van der Waals surface area contributed by atoms with Gasteiger partial charge in [-0.05, 0) is 64.9 Å². The number of aliphatic hydroxyl groups is 1. The minimum atomic E-state index is -1.28. The highest BCUT2D eigenvalue weighted by Crippen LogP contribution is 2.62. The maximum absolute atomic E-state index is 12.9. The average Bonchev–Trinajstić information content (AvgIpc) is 3.22. The summed E-state index contributed by atoms with van der Waals surface area (Å²) in [4.78, 5) is 37.9. The van der Waals surface area contributed by atoms with Gasteiger partial charge >= 0.3 is 17.9 Å². The molecule has 11 nitrogen and oxygen atoms in total. The fraction of sp³-hybridized carbons (Fsp3) is 0.577. The van der Waals surface area contributed by atoms with Crippen LogP contribution in [0.25, 0.3) is 0 Å². The van der Waals surface area contributed by atoms with Gasteiger partial charge in [-0.1, -0.05) is 6.07 Å². The molecule has 1 aromatic rings. The maximum Gasteiger partial charge on any atom is 0.352 e. The van der Waals surface area contributed by atoms with Crippen LogP contribution in [-0.4, -0.2) is 81.6 Å². The van der Waals surface area contributed by atoms with E-state index in [4.69, 9.17) is 25.1 Å². The quantitative estimate of drug-likeness (QED) is 0.381. The van der Waals surface area contributed by atoms with Crippen LogP contribution in [0, 0.1) is 6.92 Å². The van der Waals surface area contributed by atoms with Crippen molar-refractivity contribution in [2.24, 2.45) is 5.73 Å². The van der Waals surface area contributed by atoms with Crippen LogP contribution in [-0.2, 0) is 29.3 Å². The first-order chi connectivity index (χ1) is 17.3. The Balaban J connectivity index is 1.59. The van der Waals surface area contributed by atoms with Crippen LogP contribution in [0.3, 0.4) is 0 Å². The standard InChI is InChI=1S/C26H34N2O9/c1-13-5-7-17(29)21-20(13)25-11-12-28(4)15(3)26(25,34)10-9-18(22(25)37-21)36-24(33)14(2)35-19(30)8-6-16(27)23(31)32/h5,7,9,14-16,22,29,34H,6,8,10-12,27H2,1-4H3,(H,31,32)/t14-,15+,16-,22-,25-,26+/m0/s1. The number of nitrogens with two attached hydrogens (primary N) is 1. The van der Waals surface area contributed by atoms with Gasteiger partial charge in [0.1, 0.15) is 11.8 Å². The first-order valence-corrected chi connectivity index (χ1v) is 12.4. The Hall–Kier alpha value is -3.15. The number of hydrogen-bond donors (Lipinski definition) is 4. The van der Waals surface area contributed by atoms with E-state index in [0.29, 0.717) is 18.5 Å². The molecule has 0 saturated carbocycles. The third kappa shape index (κ3) is 4.24. The molecule has 0 bridgehead atoms. The van der Waals surface area contributed by atoms with Crippen LogP contribution < -0.4 is 10.5 Å². The molecule has 0 amide bonds. The number of nitrogens with zero attached hydrogens (tertiary/aromatic N) is 1. The van der Waals surface area contributed by atoms with Crippen molar-refractivity contribution >= 4 is 17.9 Å². The van der Waals surface area contributed by atoms with Crippen molar-refractivity contribution in [1.82, 2.24) is 4.90 Å². The van der Waals surface area contributed by atoms with Gasteiger partial charge in [0.2, 0.25) is 0 Å². The largest absolute Gasteiger partial charge is 0.504 e. The Morgan fingerprint density at radius 1 is 1.32 bits per heavy atom. The van der Waals surface area contributed by atoms with E-state index in [9.17, 15) is 24.6 Å². The van der Waals surface area contributed by atoms with Crippen molar-refractivity contribution in [3.05, 3.63) is 35.1 Å². The Morgan fingerprint density at radius 2 is 2.03 bits per heavy atom. The van der Waals surface area contributed by atoms with Gasteiger partial charge in [-0.3, -0.25) is 9.59 Å². The molecule has 4 rings (SSSR count). The second-order valence-corrected chi connectivity index (χ2v) is 10.3. The molecule has 1 fully saturated rings. The van der Waals surface area contributed by atoms with Gasteiger partial charge in [-0.25, -0.2) is 4.79 Å². The number of aliphatic carboxylic acids is 1. The van der Waals surface area contributed by atoms with Crippen molar-refractivity contribution in [1.29, 1.82) is 0 Å². The van der Waals surface area contributed by atoms with Crippen molar-refractivity contribution in [3.8, 4) is 11.5 Å². The van der Waals surface area contributed by atoms with Crippen molar-refractivity contribution in [3.63, 3.8) is 0 Å². The molecule has 0 radical (unpaired) electrons. The first kappa shape index (κ1) is 26.9. The monoisotopic (exact) mass is 518 g/mol. The second-order valence-electron chi connectivity index (χ2n) is 10.3. The summed E-state index contributed by atoms with van der Waals surface area (Å²) in [6.45, 7) is 5.83. The van der Waals surface area contributed by atoms with Crippen molar-refractivity contribution in [2.45, 2.75) is 81.8 Å². The number of rotatable bonds is 7. The van der Waals surface area contributed by atoms with Gasteiger partial charge in [0.25, 0.3) is 0 Å². The lowest BCUT2D eigenvalue weighted by Crippen LogP contribution is -2.71. The molecule has 1 aliphatic carbocycles. The van der Waals surface area contributed by atoms with E-state index in [1.165, 1.54) is 13.0 Å².